The molecule has 1 aromatic rings. The first kappa shape index (κ1) is 15.7. The number of carbonyl (C=O) groups is 1. The van der Waals surface area contributed by atoms with Crippen LogP contribution in [-0.4, -0.2) is 30.3 Å². The number of hydrogen-bond donors (Lipinski definition) is 2. The van der Waals surface area contributed by atoms with Gasteiger partial charge in [-0.15, -0.1) is 0 Å². The quantitative estimate of drug-likeness (QED) is 0.812. The van der Waals surface area contributed by atoms with Gasteiger partial charge in [-0.3, -0.25) is 4.79 Å². The van der Waals surface area contributed by atoms with Gasteiger partial charge in [-0.25, -0.2) is 0 Å². The molecule has 0 atom stereocenters. The van der Waals surface area contributed by atoms with E-state index >= 15 is 0 Å². The van der Waals surface area contributed by atoms with E-state index in [0.717, 1.165) is 12.8 Å². The van der Waals surface area contributed by atoms with Crippen LogP contribution >= 0.6 is 34.8 Å². The van der Waals surface area contributed by atoms with Gasteiger partial charge in [0.05, 0.1) is 21.2 Å². The van der Waals surface area contributed by atoms with Crippen molar-refractivity contribution in [3.05, 3.63) is 27.2 Å². The number of nitrogens with one attached hydrogen (secondary N) is 1. The van der Waals surface area contributed by atoms with Gasteiger partial charge in [-0.2, -0.15) is 0 Å². The van der Waals surface area contributed by atoms with E-state index < -0.39 is 0 Å². The minimum Gasteiger partial charge on any atom is -0.482 e. The summed E-state index contributed by atoms with van der Waals surface area (Å²) in [5.41, 5.74) is 0. The molecule has 4 nitrogen and oxygen atoms in total. The molecule has 0 heterocycles. The lowest BCUT2D eigenvalue weighted by Gasteiger charge is -2.31. The van der Waals surface area contributed by atoms with Gasteiger partial charge in [0.2, 0.25) is 0 Å². The number of hydrogen-bond acceptors (Lipinski definition) is 3. The third-order valence-electron chi connectivity index (χ3n) is 3.13. The van der Waals surface area contributed by atoms with Crippen LogP contribution < -0.4 is 10.1 Å². The molecule has 2 rings (SSSR count). The number of benzene rings is 1. The van der Waals surface area contributed by atoms with E-state index in [-0.39, 0.29) is 18.6 Å². The molecule has 0 unspecified atom stereocenters. The third-order valence-corrected chi connectivity index (χ3v) is 4.15. The standard InChI is InChI=1S/C13H14Cl3NO3/c14-9-3-11(16)12(4-10(9)15)20-6-13(19)17-5-7-1-8(18)2-7/h3-4,7-8,18H,1-2,5-6H2,(H,17,19). The summed E-state index contributed by atoms with van der Waals surface area (Å²) in [6.07, 6.45) is 1.25. The Bertz CT molecular complexity index is 504. The van der Waals surface area contributed by atoms with E-state index in [1.807, 2.05) is 0 Å². The molecule has 0 saturated heterocycles. The van der Waals surface area contributed by atoms with Gasteiger partial charge in [0.1, 0.15) is 5.75 Å². The molecule has 0 spiro atoms. The average molecular weight is 339 g/mol. The second kappa shape index (κ2) is 6.85. The number of halogens is 3. The van der Waals surface area contributed by atoms with Crippen LogP contribution in [0.5, 0.6) is 5.75 Å². The highest BCUT2D eigenvalue weighted by atomic mass is 35.5. The predicted octanol–water partition coefficient (Wildman–Crippen LogP) is 2.91. The van der Waals surface area contributed by atoms with Crippen molar-refractivity contribution >= 4 is 40.7 Å². The van der Waals surface area contributed by atoms with E-state index in [9.17, 15) is 4.79 Å². The minimum absolute atomic E-state index is 0.146. The fourth-order valence-electron chi connectivity index (χ4n) is 1.93. The molecule has 1 saturated carbocycles. The van der Waals surface area contributed by atoms with Crippen molar-refractivity contribution in [2.45, 2.75) is 18.9 Å². The average Bonchev–Trinajstić information content (AvgIpc) is 2.36. The second-order valence-electron chi connectivity index (χ2n) is 4.78. The smallest absolute Gasteiger partial charge is 0.257 e. The largest absolute Gasteiger partial charge is 0.482 e. The number of ether oxygens (including phenoxy) is 1. The van der Waals surface area contributed by atoms with Crippen LogP contribution in [0.25, 0.3) is 0 Å². The summed E-state index contributed by atoms with van der Waals surface area (Å²) in [4.78, 5) is 11.6. The number of rotatable bonds is 5. The molecule has 1 fully saturated rings. The Morgan fingerprint density at radius 3 is 2.55 bits per heavy atom. The normalized spacial score (nSPS) is 21.2. The lowest BCUT2D eigenvalue weighted by atomic mass is 9.82. The first-order chi connectivity index (χ1) is 9.45. The molecule has 0 aliphatic heterocycles. The van der Waals surface area contributed by atoms with Gasteiger partial charge in [0, 0.05) is 12.6 Å². The van der Waals surface area contributed by atoms with Crippen molar-refractivity contribution in [2.24, 2.45) is 5.92 Å². The van der Waals surface area contributed by atoms with Crippen LogP contribution in [0.2, 0.25) is 15.1 Å². The Kier molecular flexibility index (Phi) is 5.38. The van der Waals surface area contributed by atoms with Crippen LogP contribution in [0.3, 0.4) is 0 Å². The summed E-state index contributed by atoms with van der Waals surface area (Å²) in [6, 6.07) is 2.94. The maximum absolute atomic E-state index is 11.6. The zero-order valence-corrected chi connectivity index (χ0v) is 12.8. The summed E-state index contributed by atoms with van der Waals surface area (Å²) < 4.78 is 5.30. The third kappa shape index (κ3) is 4.16. The Morgan fingerprint density at radius 1 is 1.25 bits per heavy atom. The molecule has 1 aliphatic rings. The van der Waals surface area contributed by atoms with Crippen molar-refractivity contribution in [3.8, 4) is 5.75 Å². The zero-order valence-electron chi connectivity index (χ0n) is 10.5. The molecule has 0 aromatic heterocycles. The van der Waals surface area contributed by atoms with Crippen LogP contribution in [0, 0.1) is 5.92 Å². The molecule has 1 aliphatic carbocycles. The SMILES string of the molecule is O=C(COc1cc(Cl)c(Cl)cc1Cl)NCC1CC(O)C1. The highest BCUT2D eigenvalue weighted by molar-refractivity contribution is 6.43. The molecule has 0 bridgehead atoms. The summed E-state index contributed by atoms with van der Waals surface area (Å²) in [7, 11) is 0. The Hall–Kier alpha value is -0.680. The van der Waals surface area contributed by atoms with Crippen LogP contribution in [0.1, 0.15) is 12.8 Å². The summed E-state index contributed by atoms with van der Waals surface area (Å²) >= 11 is 17.6. The van der Waals surface area contributed by atoms with E-state index in [0.29, 0.717) is 33.3 Å². The topological polar surface area (TPSA) is 58.6 Å². The van der Waals surface area contributed by atoms with Crippen molar-refractivity contribution in [1.82, 2.24) is 5.32 Å². The van der Waals surface area contributed by atoms with E-state index in [2.05, 4.69) is 5.32 Å². The molecular weight excluding hydrogens is 325 g/mol. The summed E-state index contributed by atoms with van der Waals surface area (Å²) in [6.45, 7) is 0.404. The van der Waals surface area contributed by atoms with E-state index in [4.69, 9.17) is 44.6 Å². The fraction of sp³-hybridized carbons (Fsp3) is 0.462. The van der Waals surface area contributed by atoms with Crippen molar-refractivity contribution < 1.29 is 14.6 Å². The molecule has 0 radical (unpaired) electrons. The number of aliphatic hydroxyl groups excluding tert-OH is 1. The molecule has 2 N–H and O–H groups in total. The highest BCUT2D eigenvalue weighted by Gasteiger charge is 2.27. The first-order valence-electron chi connectivity index (χ1n) is 6.18. The summed E-state index contributed by atoms with van der Waals surface area (Å²) in [5, 5.41) is 12.8. The van der Waals surface area contributed by atoms with Gasteiger partial charge in [-0.1, -0.05) is 34.8 Å². The molecular formula is C13H14Cl3NO3. The van der Waals surface area contributed by atoms with E-state index in [1.54, 1.807) is 0 Å². The lowest BCUT2D eigenvalue weighted by molar-refractivity contribution is -0.123. The van der Waals surface area contributed by atoms with Gasteiger partial charge < -0.3 is 15.2 Å². The first-order valence-corrected chi connectivity index (χ1v) is 7.31. The van der Waals surface area contributed by atoms with Crippen molar-refractivity contribution in [1.29, 1.82) is 0 Å². The predicted molar refractivity (Wildman–Crippen MR) is 78.7 cm³/mol. The van der Waals surface area contributed by atoms with Crippen LogP contribution in [-0.2, 0) is 4.79 Å². The van der Waals surface area contributed by atoms with Gasteiger partial charge in [0.15, 0.2) is 6.61 Å². The number of carbonyl (C=O) groups excluding carboxylic acids is 1. The summed E-state index contributed by atoms with van der Waals surface area (Å²) in [5.74, 6) is 0.423. The molecule has 1 amide bonds. The Morgan fingerprint density at radius 2 is 1.90 bits per heavy atom. The molecule has 1 aromatic carbocycles. The molecule has 7 heteroatoms. The Balaban J connectivity index is 1.77. The van der Waals surface area contributed by atoms with Crippen LogP contribution in [0.15, 0.2) is 12.1 Å². The highest BCUT2D eigenvalue weighted by Crippen LogP contribution is 2.33. The molecule has 20 heavy (non-hydrogen) atoms. The van der Waals surface area contributed by atoms with Crippen molar-refractivity contribution in [2.75, 3.05) is 13.2 Å². The van der Waals surface area contributed by atoms with Crippen LogP contribution in [0.4, 0.5) is 0 Å². The van der Waals surface area contributed by atoms with Gasteiger partial charge in [0.25, 0.3) is 5.91 Å². The number of aliphatic hydroxyl groups is 1. The maximum atomic E-state index is 11.6. The maximum Gasteiger partial charge on any atom is 0.257 e. The zero-order chi connectivity index (χ0) is 14.7. The minimum atomic E-state index is -0.242. The monoisotopic (exact) mass is 337 g/mol. The van der Waals surface area contributed by atoms with Crippen molar-refractivity contribution in [3.63, 3.8) is 0 Å². The van der Waals surface area contributed by atoms with E-state index in [1.165, 1.54) is 12.1 Å². The van der Waals surface area contributed by atoms with Gasteiger partial charge in [-0.05, 0) is 24.8 Å². The molecule has 110 valence electrons. The lowest BCUT2D eigenvalue weighted by Crippen LogP contribution is -2.39. The number of amides is 1. The fourth-order valence-corrected chi connectivity index (χ4v) is 2.53. The Labute approximate surface area is 132 Å². The second-order valence-corrected chi connectivity index (χ2v) is 6.00. The van der Waals surface area contributed by atoms with Gasteiger partial charge >= 0.3 is 0 Å².